The highest BCUT2D eigenvalue weighted by atomic mass is 32.2. The van der Waals surface area contributed by atoms with Gasteiger partial charge in [-0.1, -0.05) is 0 Å². The van der Waals surface area contributed by atoms with Gasteiger partial charge in [0.15, 0.2) is 5.16 Å². The molecule has 2 heterocycles. The maximum absolute atomic E-state index is 12.6. The molecule has 0 spiro atoms. The molecule has 1 atom stereocenters. The molecule has 24 heavy (non-hydrogen) atoms. The van der Waals surface area contributed by atoms with Crippen molar-refractivity contribution in [2.75, 3.05) is 7.11 Å². The monoisotopic (exact) mass is 345 g/mol. The molecule has 3 rings (SSSR count). The van der Waals surface area contributed by atoms with Crippen LogP contribution in [0.5, 0.6) is 11.5 Å². The molecule has 6 nitrogen and oxygen atoms in total. The van der Waals surface area contributed by atoms with E-state index < -0.39 is 10.8 Å². The minimum atomic E-state index is -1.32. The number of H-pyrrole nitrogens is 1. The number of aromatic amines is 1. The molecule has 1 unspecified atom stereocenters. The summed E-state index contributed by atoms with van der Waals surface area (Å²) in [4.78, 5) is 11.7. The lowest BCUT2D eigenvalue weighted by Crippen LogP contribution is -2.07. The fourth-order valence-corrected chi connectivity index (χ4v) is 3.27. The molecule has 0 amide bonds. The zero-order chi connectivity index (χ0) is 17.1. The number of fused-ring (bicyclic) bond motifs is 1. The predicted molar refractivity (Wildman–Crippen MR) is 92.8 cm³/mol. The molecule has 126 valence electrons. The maximum atomic E-state index is 12.6. The second-order valence-electron chi connectivity index (χ2n) is 5.56. The molecule has 3 aromatic rings. The summed E-state index contributed by atoms with van der Waals surface area (Å²) in [6, 6.07) is 9.09. The van der Waals surface area contributed by atoms with Crippen molar-refractivity contribution in [3.63, 3.8) is 0 Å². The van der Waals surface area contributed by atoms with Crippen LogP contribution in [-0.4, -0.2) is 32.4 Å². The highest BCUT2D eigenvalue weighted by Gasteiger charge is 2.13. The van der Waals surface area contributed by atoms with Crippen LogP contribution in [0.3, 0.4) is 0 Å². The summed E-state index contributed by atoms with van der Waals surface area (Å²) in [6.45, 7) is 3.92. The van der Waals surface area contributed by atoms with E-state index in [1.807, 2.05) is 38.1 Å². The number of hydrogen-bond donors (Lipinski definition) is 1. The third kappa shape index (κ3) is 3.73. The summed E-state index contributed by atoms with van der Waals surface area (Å²) < 4.78 is 23.4. The molecule has 1 aromatic carbocycles. The van der Waals surface area contributed by atoms with E-state index in [-0.39, 0.29) is 11.9 Å². The Bertz CT molecular complexity index is 876. The number of pyridine rings is 1. The lowest BCUT2D eigenvalue weighted by molar-refractivity contribution is 0.242. The maximum Gasteiger partial charge on any atom is 0.197 e. The first-order chi connectivity index (χ1) is 11.5. The van der Waals surface area contributed by atoms with E-state index in [0.29, 0.717) is 10.9 Å². The lowest BCUT2D eigenvalue weighted by Gasteiger charge is -2.10. The average molecular weight is 345 g/mol. The lowest BCUT2D eigenvalue weighted by atomic mass is 10.3. The Morgan fingerprint density at radius 3 is 2.79 bits per heavy atom. The van der Waals surface area contributed by atoms with Gasteiger partial charge in [0, 0.05) is 18.3 Å². The molecule has 0 fully saturated rings. The van der Waals surface area contributed by atoms with Gasteiger partial charge in [-0.25, -0.2) is 4.98 Å². The predicted octanol–water partition coefficient (Wildman–Crippen LogP) is 3.06. The first-order valence-electron chi connectivity index (χ1n) is 7.59. The molecule has 0 aliphatic rings. The molecule has 2 aromatic heterocycles. The Morgan fingerprint density at radius 1 is 1.21 bits per heavy atom. The molecular formula is C17H19N3O3S. The molecule has 7 heteroatoms. The summed E-state index contributed by atoms with van der Waals surface area (Å²) in [6.07, 6.45) is 1.74. The van der Waals surface area contributed by atoms with Crippen LogP contribution in [0.4, 0.5) is 0 Å². The van der Waals surface area contributed by atoms with E-state index in [1.54, 1.807) is 19.4 Å². The number of rotatable bonds is 6. The van der Waals surface area contributed by atoms with Crippen LogP contribution in [0.2, 0.25) is 0 Å². The van der Waals surface area contributed by atoms with Crippen LogP contribution in [0.15, 0.2) is 41.7 Å². The van der Waals surface area contributed by atoms with Crippen LogP contribution in [0.25, 0.3) is 11.0 Å². The number of ether oxygens (including phenoxy) is 2. The number of benzene rings is 1. The van der Waals surface area contributed by atoms with Crippen molar-refractivity contribution in [3.05, 3.63) is 42.2 Å². The second-order valence-corrected chi connectivity index (χ2v) is 6.93. The highest BCUT2D eigenvalue weighted by molar-refractivity contribution is 7.84. The fraction of sp³-hybridized carbons (Fsp3) is 0.294. The Kier molecular flexibility index (Phi) is 4.80. The number of nitrogens with zero attached hydrogens (tertiary/aromatic N) is 2. The second kappa shape index (κ2) is 7.00. The number of hydrogen-bond acceptors (Lipinski definition) is 5. The SMILES string of the molecule is COc1ccc2nc(S(=O)Cc3cc(OC(C)C)ccn3)[nH]c2c1. The van der Waals surface area contributed by atoms with Gasteiger partial charge >= 0.3 is 0 Å². The summed E-state index contributed by atoms with van der Waals surface area (Å²) in [5, 5.41) is 0.426. The van der Waals surface area contributed by atoms with Gasteiger partial charge in [-0.05, 0) is 32.0 Å². The third-order valence-electron chi connectivity index (χ3n) is 3.32. The molecule has 0 aliphatic carbocycles. The van der Waals surface area contributed by atoms with Crippen LogP contribution < -0.4 is 9.47 Å². The Hall–Kier alpha value is -2.41. The van der Waals surface area contributed by atoms with Gasteiger partial charge in [-0.3, -0.25) is 9.19 Å². The number of imidazole rings is 1. The van der Waals surface area contributed by atoms with E-state index in [2.05, 4.69) is 15.0 Å². The Balaban J connectivity index is 1.79. The van der Waals surface area contributed by atoms with Crippen molar-refractivity contribution in [2.45, 2.75) is 30.9 Å². The van der Waals surface area contributed by atoms with Gasteiger partial charge in [-0.2, -0.15) is 0 Å². The molecule has 0 aliphatic heterocycles. The van der Waals surface area contributed by atoms with Gasteiger partial charge in [0.2, 0.25) is 0 Å². The van der Waals surface area contributed by atoms with Crippen molar-refractivity contribution in [1.82, 2.24) is 15.0 Å². The molecular weight excluding hydrogens is 326 g/mol. The summed E-state index contributed by atoms with van der Waals surface area (Å²) in [7, 11) is 0.284. The number of nitrogens with one attached hydrogen (secondary N) is 1. The largest absolute Gasteiger partial charge is 0.497 e. The van der Waals surface area contributed by atoms with Crippen LogP contribution in [0.1, 0.15) is 19.5 Å². The molecule has 0 saturated heterocycles. The normalized spacial score (nSPS) is 12.5. The highest BCUT2D eigenvalue weighted by Crippen LogP contribution is 2.21. The fourth-order valence-electron chi connectivity index (χ4n) is 2.28. The quantitative estimate of drug-likeness (QED) is 0.743. The minimum absolute atomic E-state index is 0.0797. The average Bonchev–Trinajstić information content (AvgIpc) is 2.97. The van der Waals surface area contributed by atoms with Crippen molar-refractivity contribution >= 4 is 21.8 Å². The molecule has 0 radical (unpaired) electrons. The number of methoxy groups -OCH3 is 1. The zero-order valence-electron chi connectivity index (χ0n) is 13.8. The van der Waals surface area contributed by atoms with Gasteiger partial charge < -0.3 is 14.5 Å². The minimum Gasteiger partial charge on any atom is -0.497 e. The van der Waals surface area contributed by atoms with E-state index in [1.165, 1.54) is 0 Å². The standard InChI is InChI=1S/C17H19N3O3S/c1-11(2)23-14-6-7-18-12(8-14)10-24(21)17-19-15-5-4-13(22-3)9-16(15)20-17/h4-9,11H,10H2,1-3H3,(H,19,20). The van der Waals surface area contributed by atoms with Gasteiger partial charge in [-0.15, -0.1) is 0 Å². The van der Waals surface area contributed by atoms with Crippen molar-refractivity contribution in [1.29, 1.82) is 0 Å². The Morgan fingerprint density at radius 2 is 2.04 bits per heavy atom. The van der Waals surface area contributed by atoms with Crippen LogP contribution in [-0.2, 0) is 16.6 Å². The van der Waals surface area contributed by atoms with Gasteiger partial charge in [0.25, 0.3) is 0 Å². The van der Waals surface area contributed by atoms with Gasteiger partial charge in [0.05, 0.1) is 46.5 Å². The molecule has 0 bridgehead atoms. The first kappa shape index (κ1) is 16.4. The van der Waals surface area contributed by atoms with E-state index in [4.69, 9.17) is 9.47 Å². The first-order valence-corrected chi connectivity index (χ1v) is 8.91. The van der Waals surface area contributed by atoms with E-state index in [9.17, 15) is 4.21 Å². The molecule has 0 saturated carbocycles. The smallest absolute Gasteiger partial charge is 0.197 e. The zero-order valence-corrected chi connectivity index (χ0v) is 14.6. The summed E-state index contributed by atoms with van der Waals surface area (Å²) in [5.41, 5.74) is 2.25. The van der Waals surface area contributed by atoms with Crippen LogP contribution in [0, 0.1) is 0 Å². The summed E-state index contributed by atoms with van der Waals surface area (Å²) >= 11 is 0. The van der Waals surface area contributed by atoms with Crippen molar-refractivity contribution in [3.8, 4) is 11.5 Å². The van der Waals surface area contributed by atoms with Gasteiger partial charge in [0.1, 0.15) is 11.5 Å². The van der Waals surface area contributed by atoms with Crippen molar-refractivity contribution < 1.29 is 13.7 Å². The summed E-state index contributed by atoms with van der Waals surface area (Å²) in [5.74, 6) is 1.72. The topological polar surface area (TPSA) is 77.1 Å². The van der Waals surface area contributed by atoms with E-state index in [0.717, 1.165) is 22.5 Å². The number of aromatic nitrogens is 3. The third-order valence-corrected chi connectivity index (χ3v) is 4.50. The molecule has 1 N–H and O–H groups in total. The van der Waals surface area contributed by atoms with Crippen LogP contribution >= 0.6 is 0 Å². The van der Waals surface area contributed by atoms with E-state index >= 15 is 0 Å². The van der Waals surface area contributed by atoms with Crippen molar-refractivity contribution in [2.24, 2.45) is 0 Å². The Labute approximate surface area is 142 Å².